The molecule has 0 atom stereocenters. The van der Waals surface area contributed by atoms with E-state index in [9.17, 15) is 5.11 Å². The molecular weight excluding hydrogens is 258 g/mol. The van der Waals surface area contributed by atoms with Gasteiger partial charge in [-0.15, -0.1) is 0 Å². The Hall–Kier alpha value is -2.32. The lowest BCUT2D eigenvalue weighted by atomic mass is 9.82. The van der Waals surface area contributed by atoms with E-state index in [4.69, 9.17) is 0 Å². The molecule has 1 heterocycles. The van der Waals surface area contributed by atoms with Crippen molar-refractivity contribution in [1.29, 1.82) is 0 Å². The average molecular weight is 277 g/mol. The van der Waals surface area contributed by atoms with Gasteiger partial charge in [-0.25, -0.2) is 0 Å². The zero-order valence-electron chi connectivity index (χ0n) is 12.1. The van der Waals surface area contributed by atoms with Crippen LogP contribution in [0.3, 0.4) is 0 Å². The van der Waals surface area contributed by atoms with Crippen LogP contribution in [0.5, 0.6) is 0 Å². The van der Waals surface area contributed by atoms with Gasteiger partial charge in [0.15, 0.2) is 0 Å². The predicted octanol–water partition coefficient (Wildman–Crippen LogP) is 3.80. The van der Waals surface area contributed by atoms with Crippen molar-refractivity contribution in [2.75, 3.05) is 0 Å². The summed E-state index contributed by atoms with van der Waals surface area (Å²) in [5, 5.41) is 11.4. The molecule has 3 rings (SSSR count). The first kappa shape index (κ1) is 13.7. The van der Waals surface area contributed by atoms with Crippen molar-refractivity contribution in [3.8, 4) is 0 Å². The van der Waals surface area contributed by atoms with Crippen molar-refractivity contribution >= 4 is 0 Å². The maximum absolute atomic E-state index is 11.4. The van der Waals surface area contributed by atoms with Crippen LogP contribution in [0.1, 0.15) is 22.5 Å². The van der Waals surface area contributed by atoms with E-state index in [1.54, 1.807) is 0 Å². The average Bonchev–Trinajstić information content (AvgIpc) is 2.94. The molecule has 0 radical (unpaired) electrons. The van der Waals surface area contributed by atoms with Gasteiger partial charge in [0.1, 0.15) is 5.60 Å². The monoisotopic (exact) mass is 277 g/mol. The van der Waals surface area contributed by atoms with Gasteiger partial charge in [-0.1, -0.05) is 60.7 Å². The summed E-state index contributed by atoms with van der Waals surface area (Å²) in [5.74, 6) is 0. The Kier molecular flexibility index (Phi) is 3.63. The summed E-state index contributed by atoms with van der Waals surface area (Å²) >= 11 is 0. The molecule has 0 unspecified atom stereocenters. The zero-order chi connectivity index (χ0) is 14.7. The smallest absolute Gasteiger partial charge is 0.120 e. The third kappa shape index (κ3) is 2.76. The molecule has 0 saturated carbocycles. The van der Waals surface area contributed by atoms with Crippen molar-refractivity contribution in [3.05, 3.63) is 95.3 Å². The Bertz CT molecular complexity index is 661. The van der Waals surface area contributed by atoms with E-state index in [1.807, 2.05) is 79.7 Å². The molecule has 21 heavy (non-hydrogen) atoms. The van der Waals surface area contributed by atoms with Gasteiger partial charge >= 0.3 is 0 Å². The molecule has 0 spiro atoms. The second-order valence-electron chi connectivity index (χ2n) is 5.44. The fourth-order valence-corrected chi connectivity index (χ4v) is 2.74. The Morgan fingerprint density at radius 2 is 1.33 bits per heavy atom. The summed E-state index contributed by atoms with van der Waals surface area (Å²) in [5.41, 5.74) is 2.92. The molecule has 0 aliphatic heterocycles. The lowest BCUT2D eigenvalue weighted by Gasteiger charge is -2.29. The maximum Gasteiger partial charge on any atom is 0.120 e. The minimum Gasteiger partial charge on any atom is -0.380 e. The highest BCUT2D eigenvalue weighted by atomic mass is 16.3. The molecule has 0 saturated heterocycles. The molecular formula is C19H19NO. The third-order valence-corrected chi connectivity index (χ3v) is 3.84. The van der Waals surface area contributed by atoms with Gasteiger partial charge in [0.25, 0.3) is 0 Å². The number of aryl methyl sites for hydroxylation is 1. The molecule has 0 amide bonds. The Labute approximate surface area is 125 Å². The SMILES string of the molecule is Cc1ccc(CC(O)(c2ccccc2)c2ccccc2)[nH]1. The van der Waals surface area contributed by atoms with Crippen LogP contribution in [0.2, 0.25) is 0 Å². The molecule has 2 N–H and O–H groups in total. The van der Waals surface area contributed by atoms with E-state index >= 15 is 0 Å². The first-order chi connectivity index (χ1) is 10.2. The lowest BCUT2D eigenvalue weighted by Crippen LogP contribution is -2.30. The van der Waals surface area contributed by atoms with Crippen LogP contribution in [0.25, 0.3) is 0 Å². The van der Waals surface area contributed by atoms with E-state index in [0.29, 0.717) is 6.42 Å². The van der Waals surface area contributed by atoms with Crippen molar-refractivity contribution in [2.24, 2.45) is 0 Å². The van der Waals surface area contributed by atoms with Gasteiger partial charge in [0, 0.05) is 17.8 Å². The molecule has 0 bridgehead atoms. The van der Waals surface area contributed by atoms with Crippen LogP contribution in [0.15, 0.2) is 72.8 Å². The van der Waals surface area contributed by atoms with Crippen LogP contribution in [-0.2, 0) is 12.0 Å². The largest absolute Gasteiger partial charge is 0.380 e. The Morgan fingerprint density at radius 3 is 1.76 bits per heavy atom. The van der Waals surface area contributed by atoms with Crippen molar-refractivity contribution in [2.45, 2.75) is 18.9 Å². The first-order valence-corrected chi connectivity index (χ1v) is 7.16. The topological polar surface area (TPSA) is 36.0 Å². The number of hydrogen-bond acceptors (Lipinski definition) is 1. The highest BCUT2D eigenvalue weighted by Crippen LogP contribution is 2.32. The second-order valence-corrected chi connectivity index (χ2v) is 5.44. The zero-order valence-corrected chi connectivity index (χ0v) is 12.1. The summed E-state index contributed by atoms with van der Waals surface area (Å²) in [6, 6.07) is 23.7. The summed E-state index contributed by atoms with van der Waals surface area (Å²) in [6.07, 6.45) is 0.523. The van der Waals surface area contributed by atoms with Crippen LogP contribution in [-0.4, -0.2) is 10.1 Å². The van der Waals surface area contributed by atoms with Crippen LogP contribution in [0, 0.1) is 6.92 Å². The van der Waals surface area contributed by atoms with E-state index in [1.165, 1.54) is 0 Å². The molecule has 2 heteroatoms. The molecule has 0 aliphatic carbocycles. The number of aromatic amines is 1. The van der Waals surface area contributed by atoms with Crippen LogP contribution >= 0.6 is 0 Å². The molecule has 2 aromatic carbocycles. The third-order valence-electron chi connectivity index (χ3n) is 3.84. The van der Waals surface area contributed by atoms with Gasteiger partial charge in [-0.3, -0.25) is 0 Å². The van der Waals surface area contributed by atoms with Gasteiger partial charge in [0.05, 0.1) is 0 Å². The number of benzene rings is 2. The highest BCUT2D eigenvalue weighted by Gasteiger charge is 2.32. The van der Waals surface area contributed by atoms with Gasteiger partial charge in [0.2, 0.25) is 0 Å². The van der Waals surface area contributed by atoms with Crippen LogP contribution in [0.4, 0.5) is 0 Å². The fraction of sp³-hybridized carbons (Fsp3) is 0.158. The molecule has 1 aromatic heterocycles. The van der Waals surface area contributed by atoms with E-state index < -0.39 is 5.60 Å². The van der Waals surface area contributed by atoms with Gasteiger partial charge in [-0.05, 0) is 30.2 Å². The van der Waals surface area contributed by atoms with Crippen molar-refractivity contribution in [3.63, 3.8) is 0 Å². The minimum atomic E-state index is -1.03. The summed E-state index contributed by atoms with van der Waals surface area (Å²) in [4.78, 5) is 3.31. The Balaban J connectivity index is 2.07. The van der Waals surface area contributed by atoms with Crippen molar-refractivity contribution in [1.82, 2.24) is 4.98 Å². The standard InChI is InChI=1S/C19H19NO/c1-15-12-13-18(20-15)14-19(21,16-8-4-2-5-9-16)17-10-6-3-7-11-17/h2-13,20-21H,14H2,1H3. The number of aromatic nitrogens is 1. The number of aliphatic hydroxyl groups is 1. The number of H-pyrrole nitrogens is 1. The molecule has 0 aliphatic rings. The summed E-state index contributed by atoms with van der Waals surface area (Å²) in [6.45, 7) is 2.02. The highest BCUT2D eigenvalue weighted by molar-refractivity contribution is 5.37. The maximum atomic E-state index is 11.4. The lowest BCUT2D eigenvalue weighted by molar-refractivity contribution is 0.0802. The molecule has 2 nitrogen and oxygen atoms in total. The number of rotatable bonds is 4. The van der Waals surface area contributed by atoms with Crippen LogP contribution < -0.4 is 0 Å². The van der Waals surface area contributed by atoms with E-state index in [0.717, 1.165) is 22.5 Å². The van der Waals surface area contributed by atoms with E-state index in [2.05, 4.69) is 4.98 Å². The summed E-state index contributed by atoms with van der Waals surface area (Å²) in [7, 11) is 0. The normalized spacial score (nSPS) is 11.5. The molecule has 3 aromatic rings. The minimum absolute atomic E-state index is 0.523. The van der Waals surface area contributed by atoms with Gasteiger partial charge in [-0.2, -0.15) is 0 Å². The number of nitrogens with one attached hydrogen (secondary N) is 1. The summed E-state index contributed by atoms with van der Waals surface area (Å²) < 4.78 is 0. The quantitative estimate of drug-likeness (QED) is 0.747. The first-order valence-electron chi connectivity index (χ1n) is 7.16. The fourth-order valence-electron chi connectivity index (χ4n) is 2.74. The van der Waals surface area contributed by atoms with E-state index in [-0.39, 0.29) is 0 Å². The second kappa shape index (κ2) is 5.58. The van der Waals surface area contributed by atoms with Crippen molar-refractivity contribution < 1.29 is 5.11 Å². The molecule has 0 fully saturated rings. The predicted molar refractivity (Wildman–Crippen MR) is 85.1 cm³/mol. The number of hydrogen-bond donors (Lipinski definition) is 2. The molecule has 106 valence electrons. The Morgan fingerprint density at radius 1 is 0.810 bits per heavy atom. The van der Waals surface area contributed by atoms with Gasteiger partial charge < -0.3 is 10.1 Å².